The second-order valence-corrected chi connectivity index (χ2v) is 6.40. The lowest BCUT2D eigenvalue weighted by molar-refractivity contribution is 0.759. The largest absolute Gasteiger partial charge is 0.357 e. The van der Waals surface area contributed by atoms with Crippen LogP contribution in [0.5, 0.6) is 0 Å². The van der Waals surface area contributed by atoms with Crippen LogP contribution >= 0.6 is 0 Å². The van der Waals surface area contributed by atoms with Gasteiger partial charge in [-0.2, -0.15) is 0 Å². The summed E-state index contributed by atoms with van der Waals surface area (Å²) in [5, 5.41) is 11.2. The molecular weight excluding hydrogens is 302 g/mol. The fourth-order valence-electron chi connectivity index (χ4n) is 2.70. The molecule has 3 heterocycles. The molecule has 1 aromatic carbocycles. The Morgan fingerprint density at radius 2 is 2.04 bits per heavy atom. The average molecular weight is 319 g/mol. The summed E-state index contributed by atoms with van der Waals surface area (Å²) >= 11 is 0. The fourth-order valence-corrected chi connectivity index (χ4v) is 2.70. The van der Waals surface area contributed by atoms with E-state index in [0.29, 0.717) is 11.6 Å². The minimum atomic E-state index is -0.231. The molecule has 0 amide bonds. The number of rotatable bonds is 2. The minimum absolute atomic E-state index is 0.231. The number of aryl methyl sites for hydroxylation is 1. The summed E-state index contributed by atoms with van der Waals surface area (Å²) in [7, 11) is 0. The highest BCUT2D eigenvalue weighted by Gasteiger charge is 2.23. The quantitative estimate of drug-likeness (QED) is 0.757. The van der Waals surface area contributed by atoms with Crippen LogP contribution in [0.2, 0.25) is 0 Å². The molecule has 0 aliphatic carbocycles. The molecule has 0 spiro atoms. The molecule has 3 aromatic rings. The van der Waals surface area contributed by atoms with Crippen LogP contribution in [0.4, 0.5) is 11.6 Å². The molecule has 2 N–H and O–H groups in total. The third-order valence-corrected chi connectivity index (χ3v) is 3.90. The van der Waals surface area contributed by atoms with Crippen molar-refractivity contribution in [1.29, 1.82) is 0 Å². The minimum Gasteiger partial charge on any atom is -0.357 e. The summed E-state index contributed by atoms with van der Waals surface area (Å²) in [6.07, 6.45) is 5.18. The van der Waals surface area contributed by atoms with E-state index in [1.54, 1.807) is 12.5 Å². The van der Waals surface area contributed by atoms with Crippen LogP contribution in [0.1, 0.15) is 19.4 Å². The molecule has 0 fully saturated rings. The number of fused-ring (bicyclic) bond motifs is 1. The molecule has 0 saturated heterocycles. The Morgan fingerprint density at radius 3 is 2.79 bits per heavy atom. The van der Waals surface area contributed by atoms with Gasteiger partial charge >= 0.3 is 0 Å². The van der Waals surface area contributed by atoms with Crippen molar-refractivity contribution in [3.05, 3.63) is 36.3 Å². The highest BCUT2D eigenvalue weighted by molar-refractivity contribution is 5.83. The Morgan fingerprint density at radius 1 is 1.17 bits per heavy atom. The Labute approximate surface area is 139 Å². The second-order valence-electron chi connectivity index (χ2n) is 6.40. The molecule has 1 aliphatic heterocycles. The average Bonchev–Trinajstić information content (AvgIpc) is 3.07. The zero-order chi connectivity index (χ0) is 16.7. The van der Waals surface area contributed by atoms with Crippen molar-refractivity contribution >= 4 is 17.9 Å². The lowest BCUT2D eigenvalue weighted by Gasteiger charge is -2.26. The first-order chi connectivity index (χ1) is 11.5. The van der Waals surface area contributed by atoms with Gasteiger partial charge in [0.15, 0.2) is 17.5 Å². The van der Waals surface area contributed by atoms with Crippen LogP contribution in [0.3, 0.4) is 0 Å². The Balaban J connectivity index is 1.74. The van der Waals surface area contributed by atoms with Crippen LogP contribution in [-0.4, -0.2) is 36.9 Å². The van der Waals surface area contributed by atoms with E-state index in [-0.39, 0.29) is 5.54 Å². The van der Waals surface area contributed by atoms with E-state index in [1.165, 1.54) is 0 Å². The molecular formula is C17H17N7. The summed E-state index contributed by atoms with van der Waals surface area (Å²) in [5.74, 6) is 2.08. The number of hydrogen-bond donors (Lipinski definition) is 2. The van der Waals surface area contributed by atoms with Crippen LogP contribution < -0.4 is 5.32 Å². The first-order valence-electron chi connectivity index (χ1n) is 7.70. The maximum atomic E-state index is 4.71. The summed E-state index contributed by atoms with van der Waals surface area (Å²) in [4.78, 5) is 16.5. The Kier molecular flexibility index (Phi) is 3.16. The predicted octanol–water partition coefficient (Wildman–Crippen LogP) is 3.14. The maximum absolute atomic E-state index is 4.71. The van der Waals surface area contributed by atoms with Crippen LogP contribution in [0.15, 0.2) is 35.7 Å². The van der Waals surface area contributed by atoms with Gasteiger partial charge in [0.1, 0.15) is 6.33 Å². The second kappa shape index (κ2) is 5.23. The number of hydrogen-bond acceptors (Lipinski definition) is 6. The van der Waals surface area contributed by atoms with Gasteiger partial charge in [-0.1, -0.05) is 12.1 Å². The number of aliphatic imine (C=N–C) groups is 1. The van der Waals surface area contributed by atoms with Crippen molar-refractivity contribution in [1.82, 2.24) is 25.1 Å². The van der Waals surface area contributed by atoms with E-state index in [4.69, 9.17) is 4.98 Å². The molecule has 4 rings (SSSR count). The van der Waals surface area contributed by atoms with Gasteiger partial charge in [-0.3, -0.25) is 0 Å². The van der Waals surface area contributed by atoms with Gasteiger partial charge in [0.2, 0.25) is 0 Å². The van der Waals surface area contributed by atoms with Gasteiger partial charge < -0.3 is 10.3 Å². The maximum Gasteiger partial charge on any atom is 0.195 e. The monoisotopic (exact) mass is 319 g/mol. The van der Waals surface area contributed by atoms with Crippen molar-refractivity contribution in [2.45, 2.75) is 26.3 Å². The van der Waals surface area contributed by atoms with Crippen LogP contribution in [0.25, 0.3) is 22.6 Å². The third kappa shape index (κ3) is 2.54. The van der Waals surface area contributed by atoms with E-state index in [1.807, 2.05) is 39.1 Å². The number of anilines is 1. The van der Waals surface area contributed by atoms with Crippen LogP contribution in [0, 0.1) is 6.92 Å². The van der Waals surface area contributed by atoms with Gasteiger partial charge in [0, 0.05) is 17.3 Å². The van der Waals surface area contributed by atoms with Crippen molar-refractivity contribution in [3.8, 4) is 22.6 Å². The molecule has 0 unspecified atom stereocenters. The zero-order valence-electron chi connectivity index (χ0n) is 13.7. The van der Waals surface area contributed by atoms with Crippen LogP contribution in [-0.2, 0) is 0 Å². The van der Waals surface area contributed by atoms with E-state index in [2.05, 4.69) is 36.5 Å². The number of benzene rings is 1. The molecule has 0 saturated carbocycles. The first-order valence-corrected chi connectivity index (χ1v) is 7.70. The van der Waals surface area contributed by atoms with Crippen molar-refractivity contribution in [3.63, 3.8) is 0 Å². The summed E-state index contributed by atoms with van der Waals surface area (Å²) in [6, 6.07) is 6.09. The lowest BCUT2D eigenvalue weighted by Crippen LogP contribution is -2.35. The topological polar surface area (TPSA) is 91.7 Å². The van der Waals surface area contributed by atoms with Crippen molar-refractivity contribution < 1.29 is 0 Å². The van der Waals surface area contributed by atoms with Gasteiger partial charge in [-0.15, -0.1) is 10.2 Å². The third-order valence-electron chi connectivity index (χ3n) is 3.90. The molecule has 0 bridgehead atoms. The molecule has 1 aliphatic rings. The van der Waals surface area contributed by atoms with Crippen molar-refractivity contribution in [2.24, 2.45) is 4.99 Å². The number of aromatic amines is 1. The SMILES string of the molecule is Cc1cc(-c2nnc[nH]2)ccc1-c1cnc2c(n1)NC(C)(C)C=N2. The van der Waals surface area contributed by atoms with E-state index in [0.717, 1.165) is 28.2 Å². The lowest BCUT2D eigenvalue weighted by atomic mass is 10.0. The molecule has 7 nitrogen and oxygen atoms in total. The van der Waals surface area contributed by atoms with Gasteiger partial charge in [-0.05, 0) is 32.4 Å². The van der Waals surface area contributed by atoms with Crippen molar-refractivity contribution in [2.75, 3.05) is 5.32 Å². The molecule has 24 heavy (non-hydrogen) atoms. The summed E-state index contributed by atoms with van der Waals surface area (Å²) < 4.78 is 0. The number of nitrogens with one attached hydrogen (secondary N) is 2. The highest BCUT2D eigenvalue weighted by atomic mass is 15.2. The molecule has 0 radical (unpaired) electrons. The Hall–Kier alpha value is -3.09. The van der Waals surface area contributed by atoms with E-state index < -0.39 is 0 Å². The molecule has 7 heteroatoms. The van der Waals surface area contributed by atoms with Gasteiger partial charge in [0.05, 0.1) is 17.4 Å². The van der Waals surface area contributed by atoms with E-state index >= 15 is 0 Å². The number of H-pyrrole nitrogens is 1. The summed E-state index contributed by atoms with van der Waals surface area (Å²) in [6.45, 7) is 6.14. The normalized spacial score (nSPS) is 15.0. The number of nitrogens with zero attached hydrogens (tertiary/aromatic N) is 5. The van der Waals surface area contributed by atoms with Gasteiger partial charge in [-0.25, -0.2) is 15.0 Å². The summed E-state index contributed by atoms with van der Waals surface area (Å²) in [5.41, 5.74) is 3.70. The first kappa shape index (κ1) is 14.5. The zero-order valence-corrected chi connectivity index (χ0v) is 13.7. The number of aromatic nitrogens is 5. The molecule has 120 valence electrons. The standard InChI is InChI=1S/C17H17N7/c1-10-6-11(14-20-9-21-24-14)4-5-12(10)13-7-18-15-16(22-13)23-17(2,3)8-19-15/h4-9H,1-3H3,(H,22,23)(H,20,21,24). The molecule has 2 aromatic heterocycles. The fraction of sp³-hybridized carbons (Fsp3) is 0.235. The smallest absolute Gasteiger partial charge is 0.195 e. The molecule has 0 atom stereocenters. The highest BCUT2D eigenvalue weighted by Crippen LogP contribution is 2.31. The van der Waals surface area contributed by atoms with E-state index in [9.17, 15) is 0 Å². The Bertz CT molecular complexity index is 926. The van der Waals surface area contributed by atoms with Gasteiger partial charge in [0.25, 0.3) is 0 Å². The predicted molar refractivity (Wildman–Crippen MR) is 93.4 cm³/mol.